The van der Waals surface area contributed by atoms with E-state index in [1.54, 1.807) is 0 Å². The van der Waals surface area contributed by atoms with Crippen LogP contribution in [0.5, 0.6) is 0 Å². The Kier molecular flexibility index (Phi) is 5.55. The topological polar surface area (TPSA) is 34.1 Å². The van der Waals surface area contributed by atoms with E-state index in [1.165, 1.54) is 44.5 Å². The number of benzene rings is 4. The van der Waals surface area contributed by atoms with E-state index in [1.807, 2.05) is 36.4 Å². The van der Waals surface area contributed by atoms with Crippen LogP contribution in [0, 0.1) is 0 Å². The van der Waals surface area contributed by atoms with E-state index < -0.39 is 0 Å². The Morgan fingerprint density at radius 2 is 0.684 bits per heavy atom. The first kappa shape index (κ1) is 22.9. The summed E-state index contributed by atoms with van der Waals surface area (Å²) >= 11 is 0. The number of hydrogen-bond donors (Lipinski definition) is 0. The van der Waals surface area contributed by atoms with Gasteiger partial charge < -0.3 is 0 Å². The van der Waals surface area contributed by atoms with Gasteiger partial charge in [-0.3, -0.25) is 9.59 Å². The third-order valence-corrected chi connectivity index (χ3v) is 8.51. The number of hydrogen-bond acceptors (Lipinski definition) is 2. The van der Waals surface area contributed by atoms with Crippen LogP contribution in [0.15, 0.2) is 108 Å². The minimum Gasteiger partial charge on any atom is -0.289 e. The molecule has 4 aliphatic carbocycles. The lowest BCUT2D eigenvalue weighted by Gasteiger charge is -2.04. The van der Waals surface area contributed by atoms with Gasteiger partial charge in [0, 0.05) is 35.1 Å². The van der Waals surface area contributed by atoms with Gasteiger partial charge in [0.25, 0.3) is 0 Å². The van der Waals surface area contributed by atoms with Crippen LogP contribution in [-0.2, 0) is 25.7 Å². The van der Waals surface area contributed by atoms with Crippen LogP contribution in [-0.4, -0.2) is 11.6 Å². The number of Topliss-reactive ketones (excluding diaryl/α,β-unsaturated/α-hetero) is 2. The third kappa shape index (κ3) is 3.71. The summed E-state index contributed by atoms with van der Waals surface area (Å²) in [5.41, 5.74) is 14.1. The van der Waals surface area contributed by atoms with Crippen LogP contribution in [0.25, 0.3) is 11.1 Å². The Hall–Kier alpha value is -4.30. The molecule has 0 spiro atoms. The van der Waals surface area contributed by atoms with Crippen LogP contribution >= 0.6 is 0 Å². The Bertz CT molecular complexity index is 1570. The Morgan fingerprint density at radius 3 is 1.08 bits per heavy atom. The van der Waals surface area contributed by atoms with Crippen molar-refractivity contribution in [1.29, 1.82) is 0 Å². The second-order valence-electron chi connectivity index (χ2n) is 10.6. The largest absolute Gasteiger partial charge is 0.289 e. The van der Waals surface area contributed by atoms with Gasteiger partial charge in [-0.05, 0) is 70.2 Å². The maximum atomic E-state index is 12.5. The lowest BCUT2D eigenvalue weighted by molar-refractivity contribution is 0.103. The highest BCUT2D eigenvalue weighted by atomic mass is 16.1. The summed E-state index contributed by atoms with van der Waals surface area (Å²) in [5, 5.41) is 0. The Morgan fingerprint density at radius 1 is 0.342 bits per heavy atom. The molecule has 0 aliphatic heterocycles. The van der Waals surface area contributed by atoms with E-state index >= 15 is 0 Å². The number of ketones is 2. The molecule has 4 aromatic carbocycles. The van der Waals surface area contributed by atoms with Gasteiger partial charge in [-0.2, -0.15) is 0 Å². The first-order valence-corrected chi connectivity index (χ1v) is 13.5. The molecule has 0 aromatic heterocycles. The molecule has 0 fully saturated rings. The van der Waals surface area contributed by atoms with Crippen LogP contribution in [0.1, 0.15) is 66.9 Å². The zero-order chi connectivity index (χ0) is 25.6. The highest BCUT2D eigenvalue weighted by Gasteiger charge is 2.31. The molecule has 2 nitrogen and oxygen atoms in total. The molecule has 2 heteroatoms. The number of rotatable bonds is 0. The molecule has 0 bridgehead atoms. The van der Waals surface area contributed by atoms with Gasteiger partial charge in [0.05, 0.1) is 0 Å². The Balaban J connectivity index is 0.000000127. The predicted molar refractivity (Wildman–Crippen MR) is 152 cm³/mol. The monoisotopic (exact) mass is 492 g/mol. The average Bonchev–Trinajstić information content (AvgIpc) is 3.73. The molecule has 0 amide bonds. The van der Waals surface area contributed by atoms with Crippen molar-refractivity contribution < 1.29 is 9.59 Å². The number of allylic oxidation sites excluding steroid dienone is 4. The van der Waals surface area contributed by atoms with Gasteiger partial charge in [-0.1, -0.05) is 97.1 Å². The molecule has 38 heavy (non-hydrogen) atoms. The molecule has 0 saturated carbocycles. The highest BCUT2D eigenvalue weighted by Crippen LogP contribution is 2.40. The second-order valence-corrected chi connectivity index (χ2v) is 10.6. The fourth-order valence-corrected chi connectivity index (χ4v) is 6.63. The van der Waals surface area contributed by atoms with E-state index in [4.69, 9.17) is 0 Å². The molecule has 4 aromatic rings. The quantitative estimate of drug-likeness (QED) is 0.236. The van der Waals surface area contributed by atoms with E-state index in [2.05, 4.69) is 60.7 Å². The molecule has 184 valence electrons. The van der Waals surface area contributed by atoms with Crippen molar-refractivity contribution in [2.45, 2.75) is 38.5 Å². The van der Waals surface area contributed by atoms with E-state index in [-0.39, 0.29) is 11.6 Å². The predicted octanol–water partition coefficient (Wildman–Crippen LogP) is 7.65. The number of aryl methyl sites for hydroxylation is 2. The maximum absolute atomic E-state index is 12.5. The van der Waals surface area contributed by atoms with E-state index in [9.17, 15) is 9.59 Å². The van der Waals surface area contributed by atoms with Gasteiger partial charge in [0.1, 0.15) is 0 Å². The standard InChI is InChI=1S/2C18H14O/c2*19-18-15-8-4-2-6-13(15)11-17(18)16-10-9-12-5-1-3-7-14(12)16/h2*1-8H,9-11H2/b2*17-16+. The molecule has 0 saturated heterocycles. The molecule has 0 heterocycles. The molecule has 0 atom stereocenters. The number of carbonyl (C=O) groups excluding carboxylic acids is 2. The van der Waals surface area contributed by atoms with E-state index in [0.717, 1.165) is 60.8 Å². The molecule has 0 radical (unpaired) electrons. The molecule has 4 aliphatic rings. The summed E-state index contributed by atoms with van der Waals surface area (Å²) in [7, 11) is 0. The van der Waals surface area contributed by atoms with Gasteiger partial charge in [0.2, 0.25) is 0 Å². The summed E-state index contributed by atoms with van der Waals surface area (Å²) in [6.07, 6.45) is 5.76. The minimum absolute atomic E-state index is 0.238. The van der Waals surface area contributed by atoms with E-state index in [0.29, 0.717) is 0 Å². The number of fused-ring (bicyclic) bond motifs is 4. The summed E-state index contributed by atoms with van der Waals surface area (Å²) in [5.74, 6) is 0.476. The molecule has 8 rings (SSSR count). The minimum atomic E-state index is 0.238. The first-order chi connectivity index (χ1) is 18.7. The lowest BCUT2D eigenvalue weighted by Crippen LogP contribution is -1.98. The average molecular weight is 493 g/mol. The van der Waals surface area contributed by atoms with Crippen LogP contribution < -0.4 is 0 Å². The second kappa shape index (κ2) is 9.22. The number of carbonyl (C=O) groups is 2. The van der Waals surface area contributed by atoms with Crippen molar-refractivity contribution in [1.82, 2.24) is 0 Å². The fraction of sp³-hybridized carbons (Fsp3) is 0.167. The van der Waals surface area contributed by atoms with Gasteiger partial charge in [0.15, 0.2) is 11.6 Å². The third-order valence-electron chi connectivity index (χ3n) is 8.51. The zero-order valence-electron chi connectivity index (χ0n) is 21.3. The molecule has 0 unspecified atom stereocenters. The Labute approximate surface area is 223 Å². The van der Waals surface area contributed by atoms with Crippen LogP contribution in [0.4, 0.5) is 0 Å². The first-order valence-electron chi connectivity index (χ1n) is 13.5. The molecular weight excluding hydrogens is 464 g/mol. The van der Waals surface area contributed by atoms with Gasteiger partial charge in [-0.25, -0.2) is 0 Å². The van der Waals surface area contributed by atoms with Crippen LogP contribution in [0.3, 0.4) is 0 Å². The summed E-state index contributed by atoms with van der Waals surface area (Å²) < 4.78 is 0. The van der Waals surface area contributed by atoms with Crippen molar-refractivity contribution in [2.75, 3.05) is 0 Å². The van der Waals surface area contributed by atoms with Crippen molar-refractivity contribution in [3.8, 4) is 0 Å². The molecule has 0 N–H and O–H groups in total. The van der Waals surface area contributed by atoms with Crippen LogP contribution in [0.2, 0.25) is 0 Å². The highest BCUT2D eigenvalue weighted by molar-refractivity contribution is 6.18. The maximum Gasteiger partial charge on any atom is 0.189 e. The zero-order valence-corrected chi connectivity index (χ0v) is 21.3. The van der Waals surface area contributed by atoms with Gasteiger partial charge in [-0.15, -0.1) is 0 Å². The van der Waals surface area contributed by atoms with Crippen molar-refractivity contribution in [3.63, 3.8) is 0 Å². The normalized spacial score (nSPS) is 20.5. The summed E-state index contributed by atoms with van der Waals surface area (Å²) in [6.45, 7) is 0. The SMILES string of the molecule is O=C1/C(=C2\CCc3ccccc32)Cc2ccccc21.O=C1/C(=C2\CCc3ccccc32)Cc2ccccc21. The van der Waals surface area contributed by atoms with Crippen molar-refractivity contribution in [2.24, 2.45) is 0 Å². The fourth-order valence-electron chi connectivity index (χ4n) is 6.63. The van der Waals surface area contributed by atoms with Crippen molar-refractivity contribution in [3.05, 3.63) is 153 Å². The lowest BCUT2D eigenvalue weighted by atomic mass is 9.99. The smallest absolute Gasteiger partial charge is 0.189 e. The summed E-state index contributed by atoms with van der Waals surface area (Å²) in [6, 6.07) is 32.9. The molecular formula is C36H28O2. The van der Waals surface area contributed by atoms with Gasteiger partial charge >= 0.3 is 0 Å². The van der Waals surface area contributed by atoms with Crippen molar-refractivity contribution >= 4 is 22.7 Å². The summed E-state index contributed by atoms with van der Waals surface area (Å²) in [4.78, 5) is 25.1.